The van der Waals surface area contributed by atoms with Crippen LogP contribution in [0.5, 0.6) is 0 Å². The van der Waals surface area contributed by atoms with Crippen LogP contribution in [0.4, 0.5) is 0 Å². The Kier molecular flexibility index (Phi) is 77.6. The van der Waals surface area contributed by atoms with Crippen molar-refractivity contribution in [3.8, 4) is 0 Å². The highest BCUT2D eigenvalue weighted by Gasteiger charge is 1.59. The molecule has 0 amide bonds. The number of hydrogen-bond acceptors (Lipinski definition) is 1. The van der Waals surface area contributed by atoms with Crippen molar-refractivity contribution >= 4 is 6.72 Å². The summed E-state index contributed by atoms with van der Waals surface area (Å²) in [5.41, 5.74) is 1.02. The minimum Gasteiger partial charge on any atom is -0.273 e. The van der Waals surface area contributed by atoms with Gasteiger partial charge in [-0.1, -0.05) is 59.1 Å². The van der Waals surface area contributed by atoms with Gasteiger partial charge in [0.05, 0.1) is 0 Å². The molecule has 0 saturated carbocycles. The Morgan fingerprint density at radius 3 is 1.23 bits per heavy atom. The van der Waals surface area contributed by atoms with E-state index >= 15 is 0 Å². The number of allylic oxidation sites excluding steroid dienone is 2. The molecule has 0 aromatic carbocycles. The van der Waals surface area contributed by atoms with Crippen molar-refractivity contribution < 1.29 is 0 Å². The summed E-state index contributed by atoms with van der Waals surface area (Å²) in [4.78, 5) is 3.25. The fraction of sp³-hybridized carbons (Fsp3) is 0.417. The summed E-state index contributed by atoms with van der Waals surface area (Å²) in [7, 11) is 0. The monoisotopic (exact) mass is 183 g/mol. The SMILES string of the molecule is C=CC(=C)C.C=CN=C.CC.CC. The lowest BCUT2D eigenvalue weighted by Gasteiger charge is -1.71. The zero-order chi connectivity index (χ0) is 11.7. The van der Waals surface area contributed by atoms with Crippen LogP contribution in [0.25, 0.3) is 0 Å². The minimum atomic E-state index is 1.02. The first-order valence-corrected chi connectivity index (χ1v) is 4.53. The number of aliphatic imine (C=N–C) groups is 1. The topological polar surface area (TPSA) is 12.4 Å². The maximum Gasteiger partial charge on any atom is 0.0188 e. The summed E-state index contributed by atoms with van der Waals surface area (Å²) >= 11 is 0. The largest absolute Gasteiger partial charge is 0.273 e. The molecule has 0 atom stereocenters. The third-order valence-electron chi connectivity index (χ3n) is 0.478. The van der Waals surface area contributed by atoms with Crippen molar-refractivity contribution in [2.75, 3.05) is 0 Å². The second kappa shape index (κ2) is 44.5. The number of rotatable bonds is 2. The Labute approximate surface area is 84.6 Å². The Morgan fingerprint density at radius 2 is 1.23 bits per heavy atom. The second-order valence-electron chi connectivity index (χ2n) is 1.42. The molecule has 0 heterocycles. The molecule has 0 aromatic rings. The summed E-state index contributed by atoms with van der Waals surface area (Å²) in [6.45, 7) is 23.3. The van der Waals surface area contributed by atoms with E-state index in [4.69, 9.17) is 0 Å². The first kappa shape index (κ1) is 22.7. The maximum atomic E-state index is 3.56. The van der Waals surface area contributed by atoms with Crippen molar-refractivity contribution in [2.45, 2.75) is 34.6 Å². The van der Waals surface area contributed by atoms with Gasteiger partial charge in [-0.05, 0) is 13.6 Å². The molecule has 0 bridgehead atoms. The van der Waals surface area contributed by atoms with Crippen LogP contribution >= 0.6 is 0 Å². The summed E-state index contributed by atoms with van der Waals surface area (Å²) in [5.74, 6) is 0. The van der Waals surface area contributed by atoms with Gasteiger partial charge in [0, 0.05) is 6.20 Å². The summed E-state index contributed by atoms with van der Waals surface area (Å²) in [6, 6.07) is 0. The normalized spacial score (nSPS) is 5.00. The van der Waals surface area contributed by atoms with Crippen LogP contribution in [0.15, 0.2) is 42.6 Å². The molecule has 1 heteroatoms. The van der Waals surface area contributed by atoms with Crippen LogP contribution in [0, 0.1) is 0 Å². The Balaban J connectivity index is -0.0000000457. The first-order chi connectivity index (χ1) is 6.18. The number of hydrogen-bond donors (Lipinski definition) is 0. The second-order valence-corrected chi connectivity index (χ2v) is 1.42. The molecule has 0 aliphatic carbocycles. The molecule has 13 heavy (non-hydrogen) atoms. The van der Waals surface area contributed by atoms with E-state index in [9.17, 15) is 0 Å². The fourth-order valence-electron chi connectivity index (χ4n) is 0. The molecule has 0 saturated heterocycles. The van der Waals surface area contributed by atoms with Crippen molar-refractivity contribution in [3.05, 3.63) is 37.6 Å². The van der Waals surface area contributed by atoms with Gasteiger partial charge in [-0.15, -0.1) is 0 Å². The smallest absolute Gasteiger partial charge is 0.0188 e. The lowest BCUT2D eigenvalue weighted by Crippen LogP contribution is -1.50. The van der Waals surface area contributed by atoms with E-state index < -0.39 is 0 Å². The van der Waals surface area contributed by atoms with E-state index in [1.807, 2.05) is 34.6 Å². The van der Waals surface area contributed by atoms with Gasteiger partial charge < -0.3 is 0 Å². The molecule has 0 aliphatic heterocycles. The average molecular weight is 183 g/mol. The highest BCUT2D eigenvalue weighted by atomic mass is 14.6. The van der Waals surface area contributed by atoms with Gasteiger partial charge in [0.1, 0.15) is 0 Å². The van der Waals surface area contributed by atoms with E-state index in [0.717, 1.165) is 5.57 Å². The maximum absolute atomic E-state index is 3.56. The van der Waals surface area contributed by atoms with Crippen molar-refractivity contribution in [2.24, 2.45) is 4.99 Å². The fourth-order valence-corrected chi connectivity index (χ4v) is 0. The van der Waals surface area contributed by atoms with Gasteiger partial charge in [-0.2, -0.15) is 0 Å². The molecule has 1 nitrogen and oxygen atoms in total. The van der Waals surface area contributed by atoms with Crippen molar-refractivity contribution in [1.29, 1.82) is 0 Å². The number of nitrogens with zero attached hydrogens (tertiary/aromatic N) is 1. The van der Waals surface area contributed by atoms with Gasteiger partial charge in [0.15, 0.2) is 0 Å². The van der Waals surface area contributed by atoms with Crippen molar-refractivity contribution in [3.63, 3.8) is 0 Å². The molecular formula is C12H25N. The van der Waals surface area contributed by atoms with Gasteiger partial charge in [0.25, 0.3) is 0 Å². The zero-order valence-corrected chi connectivity index (χ0v) is 9.93. The van der Waals surface area contributed by atoms with Crippen LogP contribution in [-0.4, -0.2) is 6.72 Å². The summed E-state index contributed by atoms with van der Waals surface area (Å²) < 4.78 is 0. The Morgan fingerprint density at radius 1 is 1.08 bits per heavy atom. The molecule has 0 fully saturated rings. The Bertz CT molecular complexity index is 106. The molecule has 0 rings (SSSR count). The third kappa shape index (κ3) is 241. The molecular weight excluding hydrogens is 158 g/mol. The van der Waals surface area contributed by atoms with E-state index in [0.29, 0.717) is 0 Å². The minimum absolute atomic E-state index is 1.02. The van der Waals surface area contributed by atoms with E-state index in [1.165, 1.54) is 6.20 Å². The molecule has 0 N–H and O–H groups in total. The molecule has 0 aromatic heterocycles. The van der Waals surface area contributed by atoms with Crippen LogP contribution < -0.4 is 0 Å². The molecule has 78 valence electrons. The van der Waals surface area contributed by atoms with Gasteiger partial charge in [-0.25, -0.2) is 0 Å². The lowest BCUT2D eigenvalue weighted by atomic mass is 10.4. The first-order valence-electron chi connectivity index (χ1n) is 4.53. The van der Waals surface area contributed by atoms with Crippen LogP contribution in [0.1, 0.15) is 34.6 Å². The highest BCUT2D eigenvalue weighted by molar-refractivity contribution is 5.24. The third-order valence-corrected chi connectivity index (χ3v) is 0.478. The van der Waals surface area contributed by atoms with Crippen LogP contribution in [0.3, 0.4) is 0 Å². The molecule has 0 radical (unpaired) electrons. The molecule has 0 spiro atoms. The van der Waals surface area contributed by atoms with Gasteiger partial charge in [0.2, 0.25) is 0 Å². The predicted molar refractivity (Wildman–Crippen MR) is 67.5 cm³/mol. The van der Waals surface area contributed by atoms with Crippen molar-refractivity contribution in [1.82, 2.24) is 0 Å². The molecule has 0 aliphatic rings. The Hall–Kier alpha value is -1.11. The van der Waals surface area contributed by atoms with E-state index in [2.05, 4.69) is 31.4 Å². The van der Waals surface area contributed by atoms with Gasteiger partial charge in [-0.3, -0.25) is 4.99 Å². The lowest BCUT2D eigenvalue weighted by molar-refractivity contribution is 1.50. The highest BCUT2D eigenvalue weighted by Crippen LogP contribution is 1.81. The molecule has 0 unspecified atom stereocenters. The summed E-state index contributed by atoms with van der Waals surface area (Å²) in [6.07, 6.45) is 3.11. The standard InChI is InChI=1S/C5H8.C3H5N.2C2H6/c1-4-5(2)3;1-3-4-2;2*1-2/h4H,1-2H2,3H3;3H,1-2H2;2*1-2H3. The quantitative estimate of drug-likeness (QED) is 0.437. The predicted octanol–water partition coefficient (Wildman–Crippen LogP) is 4.63. The zero-order valence-electron chi connectivity index (χ0n) is 9.93. The van der Waals surface area contributed by atoms with E-state index in [1.54, 1.807) is 6.08 Å². The van der Waals surface area contributed by atoms with Crippen LogP contribution in [-0.2, 0) is 0 Å². The average Bonchev–Trinajstić information content (AvgIpc) is 2.24. The van der Waals surface area contributed by atoms with Crippen LogP contribution in [0.2, 0.25) is 0 Å². The summed E-state index contributed by atoms with van der Waals surface area (Å²) in [5, 5.41) is 0. The van der Waals surface area contributed by atoms with Gasteiger partial charge >= 0.3 is 0 Å². The van der Waals surface area contributed by atoms with E-state index in [-0.39, 0.29) is 0 Å².